The van der Waals surface area contributed by atoms with Crippen molar-refractivity contribution < 1.29 is 17.6 Å². The number of imidazole rings is 1. The summed E-state index contributed by atoms with van der Waals surface area (Å²) in [5, 5.41) is 0. The average Bonchev–Trinajstić information content (AvgIpc) is 3.25. The van der Waals surface area contributed by atoms with Crippen LogP contribution in [0.5, 0.6) is 0 Å². The molecule has 6 nitrogen and oxygen atoms in total. The summed E-state index contributed by atoms with van der Waals surface area (Å²) >= 11 is 0. The van der Waals surface area contributed by atoms with Crippen LogP contribution < -0.4 is 4.90 Å². The monoisotopic (exact) mass is 476 g/mol. The Labute approximate surface area is 195 Å². The minimum absolute atomic E-state index is 0.182. The quantitative estimate of drug-likeness (QED) is 0.571. The van der Waals surface area contributed by atoms with Crippen LogP contribution >= 0.6 is 0 Å². The normalized spacial score (nSPS) is 19.3. The van der Waals surface area contributed by atoms with Gasteiger partial charge < -0.3 is 19.7 Å². The molecule has 34 heavy (non-hydrogen) atoms. The fourth-order valence-electron chi connectivity index (χ4n) is 4.90. The third kappa shape index (κ3) is 4.74. The van der Waals surface area contributed by atoms with Crippen LogP contribution in [0.1, 0.15) is 18.4 Å². The molecule has 0 radical (unpaired) electrons. The van der Waals surface area contributed by atoms with Crippen LogP contribution in [0.4, 0.5) is 23.4 Å². The average molecular weight is 477 g/mol. The summed E-state index contributed by atoms with van der Waals surface area (Å²) in [4.78, 5) is 19.3. The number of halogens is 4. The van der Waals surface area contributed by atoms with E-state index in [1.807, 2.05) is 0 Å². The maximum Gasteiger partial charge on any atom is 0.419 e. The topological polar surface area (TPSA) is 51.3 Å². The van der Waals surface area contributed by atoms with Crippen molar-refractivity contribution in [3.8, 4) is 11.4 Å². The van der Waals surface area contributed by atoms with Crippen molar-refractivity contribution in [2.24, 2.45) is 5.92 Å². The molecule has 0 atom stereocenters. The van der Waals surface area contributed by atoms with E-state index in [0.717, 1.165) is 76.6 Å². The number of fused-ring (bicyclic) bond motifs is 1. The standard InChI is InChI=1S/C24H28F4N6/c1-32-10-12-33(13-11-32)15-16-5-8-34(9-6-16)23-21-20(4-7-29-23)30-22(31-21)17-2-3-19(25)18(14-17)24(26,27)28/h2-4,7,14,16H,5-6,8-13,15H2,1H3,(H,30,31). The lowest BCUT2D eigenvalue weighted by Gasteiger charge is -2.38. The van der Waals surface area contributed by atoms with E-state index in [-0.39, 0.29) is 11.4 Å². The van der Waals surface area contributed by atoms with Crippen molar-refractivity contribution in [1.82, 2.24) is 24.8 Å². The van der Waals surface area contributed by atoms with Crippen LogP contribution in [0, 0.1) is 11.7 Å². The number of anilines is 1. The summed E-state index contributed by atoms with van der Waals surface area (Å²) in [5.41, 5.74) is 0.193. The van der Waals surface area contributed by atoms with E-state index >= 15 is 0 Å². The molecule has 0 saturated carbocycles. The van der Waals surface area contributed by atoms with Gasteiger partial charge in [0.1, 0.15) is 17.2 Å². The predicted octanol–water partition coefficient (Wildman–Crippen LogP) is 4.25. The van der Waals surface area contributed by atoms with Crippen LogP contribution in [-0.2, 0) is 6.18 Å². The van der Waals surface area contributed by atoms with Gasteiger partial charge in [-0.3, -0.25) is 0 Å². The van der Waals surface area contributed by atoms with Crippen LogP contribution in [0.25, 0.3) is 22.4 Å². The number of hydrogen-bond acceptors (Lipinski definition) is 5. The van der Waals surface area contributed by atoms with E-state index < -0.39 is 17.6 Å². The van der Waals surface area contributed by atoms with Crippen LogP contribution in [0.15, 0.2) is 30.5 Å². The molecule has 2 saturated heterocycles. The van der Waals surface area contributed by atoms with Crippen molar-refractivity contribution in [2.75, 3.05) is 57.8 Å². The van der Waals surface area contributed by atoms with E-state index in [9.17, 15) is 17.6 Å². The highest BCUT2D eigenvalue weighted by atomic mass is 19.4. The number of hydrogen-bond donors (Lipinski definition) is 1. The zero-order valence-corrected chi connectivity index (χ0v) is 19.1. The molecule has 5 rings (SSSR count). The largest absolute Gasteiger partial charge is 0.419 e. The van der Waals surface area contributed by atoms with Crippen LogP contribution in [0.2, 0.25) is 0 Å². The lowest BCUT2D eigenvalue weighted by atomic mass is 9.96. The molecule has 1 N–H and O–H groups in total. The van der Waals surface area contributed by atoms with Crippen molar-refractivity contribution >= 4 is 16.9 Å². The van der Waals surface area contributed by atoms with E-state index in [1.165, 1.54) is 6.07 Å². The number of aromatic amines is 1. The van der Waals surface area contributed by atoms with E-state index in [1.54, 1.807) is 12.3 Å². The van der Waals surface area contributed by atoms with Gasteiger partial charge in [-0.2, -0.15) is 13.2 Å². The predicted molar refractivity (Wildman–Crippen MR) is 123 cm³/mol. The number of likely N-dealkylation sites (N-methyl/N-ethyl adjacent to an activating group) is 1. The zero-order valence-electron chi connectivity index (χ0n) is 19.1. The Kier molecular flexibility index (Phi) is 6.20. The number of piperidine rings is 1. The third-order valence-electron chi connectivity index (χ3n) is 6.95. The Morgan fingerprint density at radius 3 is 2.47 bits per heavy atom. The number of alkyl halides is 3. The Bertz CT molecular complexity index is 1140. The van der Waals surface area contributed by atoms with Gasteiger partial charge in [-0.15, -0.1) is 0 Å². The first kappa shape index (κ1) is 23.0. The molecule has 2 fully saturated rings. The Morgan fingerprint density at radius 2 is 1.76 bits per heavy atom. The van der Waals surface area contributed by atoms with Crippen LogP contribution in [-0.4, -0.2) is 77.6 Å². The fourth-order valence-corrected chi connectivity index (χ4v) is 4.90. The third-order valence-corrected chi connectivity index (χ3v) is 6.95. The van der Waals surface area contributed by atoms with Crippen molar-refractivity contribution in [2.45, 2.75) is 19.0 Å². The van der Waals surface area contributed by atoms with Crippen molar-refractivity contribution in [1.29, 1.82) is 0 Å². The highest BCUT2D eigenvalue weighted by molar-refractivity contribution is 5.88. The minimum atomic E-state index is -4.77. The Morgan fingerprint density at radius 1 is 1.03 bits per heavy atom. The van der Waals surface area contributed by atoms with Gasteiger partial charge in [0.05, 0.1) is 11.1 Å². The first-order valence-electron chi connectivity index (χ1n) is 11.7. The molecule has 0 amide bonds. The summed E-state index contributed by atoms with van der Waals surface area (Å²) in [6.45, 7) is 7.32. The molecule has 4 heterocycles. The SMILES string of the molecule is CN1CCN(CC2CCN(c3nccc4[nH]c(-c5ccc(F)c(C(F)(F)F)c5)nc34)CC2)CC1. The van der Waals surface area contributed by atoms with E-state index in [4.69, 9.17) is 0 Å². The fraction of sp³-hybridized carbons (Fsp3) is 0.500. The van der Waals surface area contributed by atoms with Gasteiger partial charge in [0.15, 0.2) is 5.82 Å². The molecule has 0 unspecified atom stereocenters. The second-order valence-corrected chi connectivity index (χ2v) is 9.34. The highest BCUT2D eigenvalue weighted by Crippen LogP contribution is 2.35. The van der Waals surface area contributed by atoms with Crippen LogP contribution in [0.3, 0.4) is 0 Å². The van der Waals surface area contributed by atoms with Gasteiger partial charge in [-0.05, 0) is 50.1 Å². The number of aromatic nitrogens is 3. The molecule has 2 aliphatic rings. The summed E-state index contributed by atoms with van der Waals surface area (Å²) in [6, 6.07) is 4.68. The molecule has 2 aliphatic heterocycles. The maximum atomic E-state index is 13.7. The number of H-pyrrole nitrogens is 1. The zero-order chi connectivity index (χ0) is 23.9. The molecule has 0 bridgehead atoms. The van der Waals surface area contributed by atoms with Gasteiger partial charge in [0.25, 0.3) is 0 Å². The number of benzene rings is 1. The molecule has 2 aromatic heterocycles. The number of pyridine rings is 1. The summed E-state index contributed by atoms with van der Waals surface area (Å²) in [5.74, 6) is 0.346. The number of rotatable bonds is 4. The summed E-state index contributed by atoms with van der Waals surface area (Å²) in [6.07, 6.45) is -0.960. The molecule has 0 aliphatic carbocycles. The van der Waals surface area contributed by atoms with Gasteiger partial charge in [0, 0.05) is 57.6 Å². The number of piperazine rings is 1. The van der Waals surface area contributed by atoms with E-state index in [2.05, 4.69) is 36.7 Å². The second-order valence-electron chi connectivity index (χ2n) is 9.34. The first-order valence-corrected chi connectivity index (χ1v) is 11.7. The number of nitrogens with zero attached hydrogens (tertiary/aromatic N) is 5. The maximum absolute atomic E-state index is 13.7. The van der Waals surface area contributed by atoms with E-state index in [0.29, 0.717) is 17.0 Å². The highest BCUT2D eigenvalue weighted by Gasteiger charge is 2.34. The van der Waals surface area contributed by atoms with Gasteiger partial charge in [0.2, 0.25) is 0 Å². The molecule has 0 spiro atoms. The second kappa shape index (κ2) is 9.14. The lowest BCUT2D eigenvalue weighted by Crippen LogP contribution is -2.47. The Balaban J connectivity index is 1.32. The van der Waals surface area contributed by atoms with Crippen molar-refractivity contribution in [3.63, 3.8) is 0 Å². The van der Waals surface area contributed by atoms with Gasteiger partial charge in [-0.1, -0.05) is 0 Å². The van der Waals surface area contributed by atoms with Crippen molar-refractivity contribution in [3.05, 3.63) is 41.8 Å². The minimum Gasteiger partial charge on any atom is -0.355 e. The molecule has 3 aromatic rings. The first-order chi connectivity index (χ1) is 16.3. The molecule has 10 heteroatoms. The molecule has 1 aromatic carbocycles. The number of nitrogens with one attached hydrogen (secondary N) is 1. The lowest BCUT2D eigenvalue weighted by molar-refractivity contribution is -0.139. The molecular formula is C24H28F4N6. The Hall–Kier alpha value is -2.72. The molecule has 182 valence electrons. The molecular weight excluding hydrogens is 448 g/mol. The van der Waals surface area contributed by atoms with Gasteiger partial charge >= 0.3 is 6.18 Å². The smallest absolute Gasteiger partial charge is 0.355 e. The summed E-state index contributed by atoms with van der Waals surface area (Å²) < 4.78 is 53.2. The van der Waals surface area contributed by atoms with Gasteiger partial charge in [-0.25, -0.2) is 14.4 Å². The summed E-state index contributed by atoms with van der Waals surface area (Å²) in [7, 11) is 2.16.